The number of aromatic amines is 2. The lowest BCUT2D eigenvalue weighted by molar-refractivity contribution is 0.0418. The fourth-order valence-corrected chi connectivity index (χ4v) is 24.1. The fourth-order valence-electron chi connectivity index (χ4n) is 19.7. The number of fused-ring (bicyclic) bond motifs is 4. The van der Waals surface area contributed by atoms with Gasteiger partial charge >= 0.3 is 12.2 Å². The number of carbonyl (C=O) groups excluding carboxylic acids is 2. The Hall–Kier alpha value is -9.51. The van der Waals surface area contributed by atoms with Crippen molar-refractivity contribution in [3.63, 3.8) is 0 Å². The van der Waals surface area contributed by atoms with E-state index in [-0.39, 0.29) is 96.7 Å². The molecule has 4 fully saturated rings. The van der Waals surface area contributed by atoms with Crippen LogP contribution in [0, 0.1) is 21.7 Å². The summed E-state index contributed by atoms with van der Waals surface area (Å²) in [5.74, 6) is 3.42. The number of piperidine rings is 4. The molecule has 0 bridgehead atoms. The lowest BCUT2D eigenvalue weighted by atomic mass is 9.72. The van der Waals surface area contributed by atoms with Crippen LogP contribution in [-0.4, -0.2) is 136 Å². The minimum Gasteiger partial charge on any atom is -0.444 e. The molecule has 4 saturated heterocycles. The number of nitrogens with two attached hydrogens (primary N) is 2. The highest BCUT2D eigenvalue weighted by atomic mass is 35.5. The third-order valence-electron chi connectivity index (χ3n) is 26.6. The quantitative estimate of drug-likeness (QED) is 0.0551. The molecule has 8 N–H and O–H groups in total. The summed E-state index contributed by atoms with van der Waals surface area (Å²) in [4.78, 5) is 111. The zero-order chi connectivity index (χ0) is 93.9. The lowest BCUT2D eigenvalue weighted by Gasteiger charge is -2.43. The molecular formula is C98H103Cl7N20O6S4. The average molecular weight is 2030 g/mol. The number of rotatable bonds is 14. The number of halogens is 7. The number of hydrogen-bond acceptors (Lipinski definition) is 26. The second-order valence-corrected chi connectivity index (χ2v) is 43.5. The van der Waals surface area contributed by atoms with Crippen molar-refractivity contribution in [2.24, 2.45) is 33.1 Å². The van der Waals surface area contributed by atoms with Crippen molar-refractivity contribution in [1.82, 2.24) is 70.4 Å². The number of alkyl carbamates (subject to hydrolysis) is 2. The molecule has 4 aliphatic heterocycles. The largest absolute Gasteiger partial charge is 0.444 e. The molecule has 12 heterocycles. The van der Waals surface area contributed by atoms with Crippen molar-refractivity contribution in [2.75, 3.05) is 72.0 Å². The summed E-state index contributed by atoms with van der Waals surface area (Å²) in [6, 6.07) is 41.2. The van der Waals surface area contributed by atoms with Crippen molar-refractivity contribution in [2.45, 2.75) is 194 Å². The molecule has 0 radical (unpaired) electrons. The zero-order valence-corrected chi connectivity index (χ0v) is 83.7. The van der Waals surface area contributed by atoms with Gasteiger partial charge in [-0.2, -0.15) is 0 Å². The molecule has 12 aromatic rings. The molecule has 0 saturated carbocycles. The van der Waals surface area contributed by atoms with Crippen LogP contribution >= 0.6 is 129 Å². The summed E-state index contributed by atoms with van der Waals surface area (Å²) in [5, 5.41) is 11.0. The number of ether oxygens (including phenoxy) is 2. The Morgan fingerprint density at radius 3 is 0.919 bits per heavy atom. The normalized spacial score (nSPS) is 18.9. The van der Waals surface area contributed by atoms with Crippen LogP contribution in [0.25, 0.3) is 0 Å². The number of aromatic nitrogens is 12. The Bertz CT molecular complexity index is 6360. The van der Waals surface area contributed by atoms with E-state index in [1.807, 2.05) is 65.9 Å². The molecule has 2 amide bonds. The minimum atomic E-state index is -0.552. The van der Waals surface area contributed by atoms with Crippen molar-refractivity contribution in [3.8, 4) is 0 Å². The highest BCUT2D eigenvalue weighted by Gasteiger charge is 2.52. The SMILES string of the molecule is CC(C)(C)OC(=O)N[C@@H]1c2ccccc2CC12CCN(c1cnc(Sc3cc[nH]c(=O)c3Cl)cn1)CC2.CC(C)(C)OC(=O)N[C@@H]1c2ccccc2CC12CCN(c1cnc(Sc3ccnc(Cl)c3Cl)cn1)CC2.Cl.N[C@@H]1c2ccccc2CC12CCN(c1cnc(Sc3cc[nH]c(=O)c3Cl)cn1)CC2.N[C@@H]1c2ccccc2CC12CCN(c1cnc(Sc3ccnc(Cl)c3Cl)cn1)CC2. The average Bonchev–Trinajstić information content (AvgIpc) is 1.61. The van der Waals surface area contributed by atoms with Gasteiger partial charge in [-0.15, -0.1) is 12.4 Å². The first-order chi connectivity index (χ1) is 64.4. The Morgan fingerprint density at radius 2 is 0.637 bits per heavy atom. The minimum absolute atomic E-state index is 0. The van der Waals surface area contributed by atoms with E-state index in [0.29, 0.717) is 35.0 Å². The van der Waals surface area contributed by atoms with Crippen LogP contribution in [0.2, 0.25) is 30.4 Å². The van der Waals surface area contributed by atoms with Gasteiger partial charge in [-0.1, -0.05) is 214 Å². The molecular weight excluding hydrogens is 1930 g/mol. The summed E-state index contributed by atoms with van der Waals surface area (Å²) in [7, 11) is 0. The van der Waals surface area contributed by atoms with Crippen LogP contribution < -0.4 is 52.8 Å². The molecule has 37 heteroatoms. The molecule has 8 aliphatic rings. The van der Waals surface area contributed by atoms with E-state index in [0.717, 1.165) is 173 Å². The number of amides is 2. The molecule has 135 heavy (non-hydrogen) atoms. The van der Waals surface area contributed by atoms with Gasteiger partial charge < -0.3 is 61.1 Å². The highest BCUT2D eigenvalue weighted by molar-refractivity contribution is 8.00. The van der Waals surface area contributed by atoms with E-state index >= 15 is 0 Å². The van der Waals surface area contributed by atoms with Crippen LogP contribution in [0.15, 0.2) is 245 Å². The Kier molecular flexibility index (Phi) is 30.7. The van der Waals surface area contributed by atoms with Crippen molar-refractivity contribution in [1.29, 1.82) is 0 Å². The van der Waals surface area contributed by atoms with Gasteiger partial charge in [0, 0.05) is 120 Å². The topological polar surface area (TPSA) is 336 Å². The molecule has 4 aromatic carbocycles. The number of hydrogen-bond donors (Lipinski definition) is 6. The van der Waals surface area contributed by atoms with Gasteiger partial charge in [-0.25, -0.2) is 59.4 Å². The van der Waals surface area contributed by atoms with Gasteiger partial charge in [0.05, 0.1) is 71.7 Å². The standard InChI is InChI=1S/C27H29Cl2N5O2S.C27H30ClN5O3S.C22H21Cl2N5S.C22H22ClN5OS.ClH/c1-26(2,3)36-25(35)33-23-18-7-5-4-6-17(18)14-27(23)9-12-34(13-10-27)20-15-32-21(16-31-20)37-19-8-11-30-24(29)22(19)28;1-26(2,3)36-25(35)32-23-18-7-5-4-6-17(18)14-27(23)9-12-33(13-10-27)20-15-31-21(16-30-20)37-19-8-11-29-24(34)22(19)28;23-19-16(5-8-26-21(19)24)30-18-13-27-17(12-28-18)29-9-6-22(7-10-29)11-14-3-1-2-4-15(14)20(22)25;23-19-16(5-8-25-21(19)29)30-18-13-26-17(12-27-18)28-9-6-22(7-10-28)11-14-3-1-2-4-15(14)20(22)24;/h4-8,11,15-16,23H,9-10,12-14H2,1-3H3,(H,33,35);4-8,11,15-16,23H,9-10,12-14H2,1-3H3,(H,29,34)(H,32,35);1-5,8,12-13,20H,6-7,9-11,25H2;1-5,8,12-13,20H,6-7,9-11,24H2,(H,25,29);1H/t2*23-;2*20-;/m1111./s1. The van der Waals surface area contributed by atoms with Crippen molar-refractivity contribution in [3.05, 3.63) is 291 Å². The predicted octanol–water partition coefficient (Wildman–Crippen LogP) is 21.5. The lowest BCUT2D eigenvalue weighted by Crippen LogP contribution is -2.47. The van der Waals surface area contributed by atoms with E-state index in [1.165, 1.54) is 91.6 Å². The second-order valence-electron chi connectivity index (χ2n) is 37.1. The van der Waals surface area contributed by atoms with Crippen LogP contribution in [0.5, 0.6) is 0 Å². The molecule has 20 rings (SSSR count). The van der Waals surface area contributed by atoms with Crippen LogP contribution in [0.3, 0.4) is 0 Å². The Labute approximate surface area is 837 Å². The number of carbonyl (C=O) groups is 2. The number of nitrogens with zero attached hydrogens (tertiary/aromatic N) is 14. The second kappa shape index (κ2) is 42.0. The first-order valence-electron chi connectivity index (χ1n) is 44.5. The zero-order valence-electron chi connectivity index (χ0n) is 75.1. The van der Waals surface area contributed by atoms with Gasteiger partial charge in [-0.3, -0.25) is 9.59 Å². The third kappa shape index (κ3) is 22.4. The maximum absolute atomic E-state index is 12.8. The van der Waals surface area contributed by atoms with Gasteiger partial charge in [0.2, 0.25) is 0 Å². The number of benzene rings is 4. The first-order valence-corrected chi connectivity index (χ1v) is 50.1. The van der Waals surface area contributed by atoms with Gasteiger partial charge in [0.15, 0.2) is 0 Å². The maximum atomic E-state index is 12.8. The van der Waals surface area contributed by atoms with E-state index in [9.17, 15) is 19.2 Å². The molecule has 4 spiro atoms. The van der Waals surface area contributed by atoms with Gasteiger partial charge in [0.25, 0.3) is 11.1 Å². The summed E-state index contributed by atoms with van der Waals surface area (Å²) in [6.45, 7) is 18.3. The summed E-state index contributed by atoms with van der Waals surface area (Å²) in [5.41, 5.74) is 22.2. The first kappa shape index (κ1) is 98.5. The maximum Gasteiger partial charge on any atom is 0.408 e. The smallest absolute Gasteiger partial charge is 0.408 e. The molecule has 26 nitrogen and oxygen atoms in total. The van der Waals surface area contributed by atoms with Gasteiger partial charge in [-0.05, 0) is 198 Å². The highest BCUT2D eigenvalue weighted by Crippen LogP contribution is 2.57. The molecule has 4 aliphatic carbocycles. The summed E-state index contributed by atoms with van der Waals surface area (Å²) >= 11 is 42.1. The molecule has 4 atom stereocenters. The van der Waals surface area contributed by atoms with E-state index < -0.39 is 11.2 Å². The predicted molar refractivity (Wildman–Crippen MR) is 539 cm³/mol. The number of pyridine rings is 4. The fraction of sp³-hybridized carbons (Fsp3) is 0.367. The van der Waals surface area contributed by atoms with Crippen LogP contribution in [0.4, 0.5) is 32.9 Å². The van der Waals surface area contributed by atoms with Crippen LogP contribution in [0.1, 0.15) is 162 Å². The third-order valence-corrected chi connectivity index (χ3v) is 33.2. The number of nitrogens with one attached hydrogen (secondary N) is 4. The molecule has 8 aromatic heterocycles. The van der Waals surface area contributed by atoms with Crippen LogP contribution in [-0.2, 0) is 35.2 Å². The Balaban J connectivity index is 0.000000131. The summed E-state index contributed by atoms with van der Waals surface area (Å²) < 4.78 is 11.2. The van der Waals surface area contributed by atoms with E-state index in [2.05, 4.69) is 175 Å². The van der Waals surface area contributed by atoms with E-state index in [1.54, 1.807) is 86.4 Å². The molecule has 0 unspecified atom stereocenters. The monoisotopic (exact) mass is 2030 g/mol. The van der Waals surface area contributed by atoms with Crippen molar-refractivity contribution >= 4 is 165 Å². The van der Waals surface area contributed by atoms with Gasteiger partial charge in [0.1, 0.15) is 74.9 Å². The summed E-state index contributed by atoms with van der Waals surface area (Å²) in [6.07, 6.45) is 31.7. The number of anilines is 4. The number of H-pyrrole nitrogens is 2. The Morgan fingerprint density at radius 1 is 0.370 bits per heavy atom. The van der Waals surface area contributed by atoms with E-state index in [4.69, 9.17) is 90.5 Å². The van der Waals surface area contributed by atoms with Crippen molar-refractivity contribution < 1.29 is 19.1 Å². The molecule has 704 valence electrons.